The Morgan fingerprint density at radius 1 is 1.35 bits per heavy atom. The van der Waals surface area contributed by atoms with Gasteiger partial charge in [-0.15, -0.1) is 0 Å². The zero-order valence-electron chi connectivity index (χ0n) is 9.06. The molecule has 1 heterocycles. The van der Waals surface area contributed by atoms with Gasteiger partial charge in [0.25, 0.3) is 5.69 Å². The van der Waals surface area contributed by atoms with E-state index in [0.717, 1.165) is 25.9 Å². The molecule has 1 saturated heterocycles. The van der Waals surface area contributed by atoms with Crippen LogP contribution in [0.4, 0.5) is 11.4 Å². The maximum absolute atomic E-state index is 10.9. The molecule has 0 atom stereocenters. The second-order valence-electron chi connectivity index (χ2n) is 3.90. The fourth-order valence-electron chi connectivity index (χ4n) is 2.04. The summed E-state index contributed by atoms with van der Waals surface area (Å²) >= 11 is 6.06. The number of carbonyl (C=O) groups excluding carboxylic acids is 1. The number of benzene rings is 1. The molecule has 0 spiro atoms. The molecular weight excluding hydrogens is 244 g/mol. The number of hydrogen-bond donors (Lipinski definition) is 0. The summed E-state index contributed by atoms with van der Waals surface area (Å²) in [7, 11) is 0. The standard InChI is InChI=1S/C11H11ClN2O3/c12-11-8(7-15)9(14(16)17)3-4-10(11)13-5-1-2-6-13/h3-4,7H,1-2,5-6H2. The highest BCUT2D eigenvalue weighted by atomic mass is 35.5. The number of nitro benzene ring substituents is 1. The molecule has 1 aromatic carbocycles. The van der Waals surface area contributed by atoms with Gasteiger partial charge in [-0.1, -0.05) is 11.6 Å². The maximum Gasteiger partial charge on any atom is 0.281 e. The van der Waals surface area contributed by atoms with E-state index in [0.29, 0.717) is 12.0 Å². The van der Waals surface area contributed by atoms with E-state index in [4.69, 9.17) is 11.6 Å². The molecule has 2 rings (SSSR count). The fourth-order valence-corrected chi connectivity index (χ4v) is 2.37. The Labute approximate surface area is 103 Å². The van der Waals surface area contributed by atoms with Crippen LogP contribution in [0.5, 0.6) is 0 Å². The summed E-state index contributed by atoms with van der Waals surface area (Å²) in [6, 6.07) is 2.95. The Morgan fingerprint density at radius 2 is 2.00 bits per heavy atom. The molecule has 1 fully saturated rings. The van der Waals surface area contributed by atoms with Crippen molar-refractivity contribution in [3.05, 3.63) is 32.8 Å². The van der Waals surface area contributed by atoms with Crippen LogP contribution in [-0.4, -0.2) is 24.3 Å². The molecule has 0 bridgehead atoms. The molecule has 1 aromatic rings. The average molecular weight is 255 g/mol. The van der Waals surface area contributed by atoms with Crippen molar-refractivity contribution >= 4 is 29.3 Å². The van der Waals surface area contributed by atoms with Gasteiger partial charge in [0.1, 0.15) is 5.56 Å². The Kier molecular flexibility index (Phi) is 3.28. The highest BCUT2D eigenvalue weighted by Gasteiger charge is 2.23. The molecule has 0 radical (unpaired) electrons. The molecule has 0 unspecified atom stereocenters. The third-order valence-corrected chi connectivity index (χ3v) is 3.29. The molecule has 0 aliphatic carbocycles. The number of hydrogen-bond acceptors (Lipinski definition) is 4. The summed E-state index contributed by atoms with van der Waals surface area (Å²) < 4.78 is 0. The van der Waals surface area contributed by atoms with Crippen LogP contribution in [0.2, 0.25) is 5.02 Å². The van der Waals surface area contributed by atoms with Gasteiger partial charge in [0, 0.05) is 19.2 Å². The van der Waals surface area contributed by atoms with Crippen LogP contribution in [0.25, 0.3) is 0 Å². The summed E-state index contributed by atoms with van der Waals surface area (Å²) in [4.78, 5) is 23.1. The lowest BCUT2D eigenvalue weighted by Gasteiger charge is -2.19. The third kappa shape index (κ3) is 2.10. The first-order valence-corrected chi connectivity index (χ1v) is 5.70. The second-order valence-corrected chi connectivity index (χ2v) is 4.28. The van der Waals surface area contributed by atoms with Crippen LogP contribution >= 0.6 is 11.6 Å². The first-order valence-electron chi connectivity index (χ1n) is 5.32. The molecule has 0 aromatic heterocycles. The van der Waals surface area contributed by atoms with Gasteiger partial charge in [-0.25, -0.2) is 0 Å². The number of halogens is 1. The molecule has 1 aliphatic rings. The molecule has 5 nitrogen and oxygen atoms in total. The van der Waals surface area contributed by atoms with Gasteiger partial charge in [0.2, 0.25) is 0 Å². The van der Waals surface area contributed by atoms with Crippen molar-refractivity contribution < 1.29 is 9.72 Å². The van der Waals surface area contributed by atoms with E-state index in [-0.39, 0.29) is 16.3 Å². The quantitative estimate of drug-likeness (QED) is 0.473. The summed E-state index contributed by atoms with van der Waals surface area (Å²) in [5, 5.41) is 10.9. The highest BCUT2D eigenvalue weighted by Crippen LogP contribution is 2.35. The van der Waals surface area contributed by atoms with Gasteiger partial charge in [-0.05, 0) is 18.9 Å². The van der Waals surface area contributed by atoms with Crippen molar-refractivity contribution in [1.29, 1.82) is 0 Å². The van der Waals surface area contributed by atoms with Gasteiger partial charge < -0.3 is 4.90 Å². The van der Waals surface area contributed by atoms with E-state index in [1.807, 2.05) is 4.90 Å². The SMILES string of the molecule is O=Cc1c([N+](=O)[O-])ccc(N2CCCC2)c1Cl. The van der Waals surface area contributed by atoms with E-state index in [2.05, 4.69) is 0 Å². The predicted octanol–water partition coefficient (Wildman–Crippen LogP) is 2.66. The van der Waals surface area contributed by atoms with E-state index in [1.165, 1.54) is 6.07 Å². The minimum absolute atomic E-state index is 0.0407. The topological polar surface area (TPSA) is 63.4 Å². The smallest absolute Gasteiger partial charge is 0.281 e. The fraction of sp³-hybridized carbons (Fsp3) is 0.364. The summed E-state index contributed by atoms with van der Waals surface area (Å²) in [6.07, 6.45) is 2.59. The zero-order chi connectivity index (χ0) is 12.4. The normalized spacial score (nSPS) is 15.0. The number of nitrogens with zero attached hydrogens (tertiary/aromatic N) is 2. The van der Waals surface area contributed by atoms with Crippen molar-refractivity contribution in [1.82, 2.24) is 0 Å². The lowest BCUT2D eigenvalue weighted by molar-refractivity contribution is -0.385. The summed E-state index contributed by atoms with van der Waals surface area (Å²) in [5.41, 5.74) is 0.422. The molecule has 0 N–H and O–H groups in total. The highest BCUT2D eigenvalue weighted by molar-refractivity contribution is 6.36. The number of nitro groups is 1. The minimum Gasteiger partial charge on any atom is -0.370 e. The van der Waals surface area contributed by atoms with Crippen LogP contribution in [0, 0.1) is 10.1 Å². The van der Waals surface area contributed by atoms with Crippen molar-refractivity contribution in [2.45, 2.75) is 12.8 Å². The monoisotopic (exact) mass is 254 g/mol. The van der Waals surface area contributed by atoms with E-state index in [1.54, 1.807) is 6.07 Å². The first kappa shape index (κ1) is 11.9. The lowest BCUT2D eigenvalue weighted by Crippen LogP contribution is -2.18. The molecule has 6 heteroatoms. The van der Waals surface area contributed by atoms with Gasteiger partial charge in [-0.3, -0.25) is 14.9 Å². The zero-order valence-corrected chi connectivity index (χ0v) is 9.81. The van der Waals surface area contributed by atoms with Crippen molar-refractivity contribution in [2.24, 2.45) is 0 Å². The molecule has 90 valence electrons. The van der Waals surface area contributed by atoms with Crippen molar-refractivity contribution in [2.75, 3.05) is 18.0 Å². The molecule has 0 amide bonds. The number of aldehydes is 1. The molecule has 17 heavy (non-hydrogen) atoms. The number of rotatable bonds is 3. The van der Waals surface area contributed by atoms with Crippen molar-refractivity contribution in [3.63, 3.8) is 0 Å². The Hall–Kier alpha value is -1.62. The minimum atomic E-state index is -0.594. The van der Waals surface area contributed by atoms with Gasteiger partial charge in [0.15, 0.2) is 6.29 Å². The Bertz CT molecular complexity index is 470. The van der Waals surface area contributed by atoms with E-state index in [9.17, 15) is 14.9 Å². The molecule has 0 saturated carbocycles. The largest absolute Gasteiger partial charge is 0.370 e. The maximum atomic E-state index is 10.9. The second kappa shape index (κ2) is 4.71. The van der Waals surface area contributed by atoms with Gasteiger partial charge >= 0.3 is 0 Å². The van der Waals surface area contributed by atoms with Gasteiger partial charge in [-0.2, -0.15) is 0 Å². The van der Waals surface area contributed by atoms with E-state index >= 15 is 0 Å². The van der Waals surface area contributed by atoms with Crippen LogP contribution in [0.3, 0.4) is 0 Å². The predicted molar refractivity (Wildman–Crippen MR) is 64.9 cm³/mol. The number of anilines is 1. The lowest BCUT2D eigenvalue weighted by atomic mass is 10.1. The first-order chi connectivity index (χ1) is 8.15. The van der Waals surface area contributed by atoms with Crippen molar-refractivity contribution in [3.8, 4) is 0 Å². The van der Waals surface area contributed by atoms with Gasteiger partial charge in [0.05, 0.1) is 15.6 Å². The molecular formula is C11H11ClN2O3. The summed E-state index contributed by atoms with van der Waals surface area (Å²) in [6.45, 7) is 1.74. The van der Waals surface area contributed by atoms with Crippen LogP contribution in [0.1, 0.15) is 23.2 Å². The van der Waals surface area contributed by atoms with E-state index < -0.39 is 4.92 Å². The van der Waals surface area contributed by atoms with Crippen LogP contribution < -0.4 is 4.90 Å². The van der Waals surface area contributed by atoms with Crippen LogP contribution in [0.15, 0.2) is 12.1 Å². The third-order valence-electron chi connectivity index (χ3n) is 2.90. The Morgan fingerprint density at radius 3 is 2.53 bits per heavy atom. The Balaban J connectivity index is 2.49. The summed E-state index contributed by atoms with van der Waals surface area (Å²) in [5.74, 6) is 0. The molecule has 1 aliphatic heterocycles. The number of carbonyl (C=O) groups is 1. The average Bonchev–Trinajstić information content (AvgIpc) is 2.81. The van der Waals surface area contributed by atoms with Crippen LogP contribution in [-0.2, 0) is 0 Å².